The Labute approximate surface area is 156 Å². The maximum atomic E-state index is 12.8. The van der Waals surface area contributed by atoms with Gasteiger partial charge in [0.25, 0.3) is 0 Å². The molecule has 1 atom stereocenters. The summed E-state index contributed by atoms with van der Waals surface area (Å²) in [5.74, 6) is 2.00. The number of aromatic nitrogens is 3. The highest BCUT2D eigenvalue weighted by Gasteiger charge is 2.34. The molecule has 0 radical (unpaired) electrons. The highest BCUT2D eigenvalue weighted by atomic mass is 16.5. The summed E-state index contributed by atoms with van der Waals surface area (Å²) in [4.78, 5) is 23.0. The van der Waals surface area contributed by atoms with Crippen LogP contribution in [0.4, 0.5) is 10.5 Å². The van der Waals surface area contributed by atoms with Gasteiger partial charge < -0.3 is 19.2 Å². The first-order chi connectivity index (χ1) is 13.1. The van der Waals surface area contributed by atoms with Gasteiger partial charge in [-0.1, -0.05) is 31.1 Å². The molecule has 0 saturated carbocycles. The Morgan fingerprint density at radius 1 is 1.37 bits per heavy atom. The van der Waals surface area contributed by atoms with Crippen molar-refractivity contribution in [3.63, 3.8) is 0 Å². The number of amides is 2. The number of rotatable bonds is 4. The SMILES string of the molecule is CC(C)c1noc([C@@H]2CCCN2C(=O)Nc2cccc(-c3cnco3)c2)n1. The molecular formula is C19H21N5O3. The average Bonchev–Trinajstić information content (AvgIpc) is 3.42. The van der Waals surface area contributed by atoms with E-state index in [0.717, 1.165) is 18.4 Å². The quantitative estimate of drug-likeness (QED) is 0.741. The van der Waals surface area contributed by atoms with Gasteiger partial charge in [0.15, 0.2) is 18.0 Å². The van der Waals surface area contributed by atoms with Gasteiger partial charge in [-0.05, 0) is 25.0 Å². The summed E-state index contributed by atoms with van der Waals surface area (Å²) < 4.78 is 10.7. The lowest BCUT2D eigenvalue weighted by atomic mass is 10.1. The van der Waals surface area contributed by atoms with Crippen LogP contribution in [0.3, 0.4) is 0 Å². The molecule has 1 fully saturated rings. The Balaban J connectivity index is 1.49. The molecule has 0 unspecified atom stereocenters. The summed E-state index contributed by atoms with van der Waals surface area (Å²) in [5.41, 5.74) is 1.54. The maximum Gasteiger partial charge on any atom is 0.322 e. The molecule has 27 heavy (non-hydrogen) atoms. The molecule has 1 aliphatic rings. The Bertz CT molecular complexity index is 919. The largest absolute Gasteiger partial charge is 0.444 e. The number of hydrogen-bond acceptors (Lipinski definition) is 6. The van der Waals surface area contributed by atoms with Gasteiger partial charge in [-0.15, -0.1) is 0 Å². The van der Waals surface area contributed by atoms with Gasteiger partial charge in [-0.2, -0.15) is 4.98 Å². The van der Waals surface area contributed by atoms with Gasteiger partial charge >= 0.3 is 6.03 Å². The van der Waals surface area contributed by atoms with Gasteiger partial charge in [-0.25, -0.2) is 9.78 Å². The molecule has 1 aromatic carbocycles. The van der Waals surface area contributed by atoms with Crippen LogP contribution in [0, 0.1) is 0 Å². The molecule has 3 heterocycles. The number of likely N-dealkylation sites (tertiary alicyclic amines) is 1. The normalized spacial score (nSPS) is 16.9. The Hall–Kier alpha value is -3.16. The first-order valence-corrected chi connectivity index (χ1v) is 9.02. The van der Waals surface area contributed by atoms with Crippen molar-refractivity contribution in [1.82, 2.24) is 20.0 Å². The molecule has 3 aromatic rings. The molecule has 4 rings (SSSR count). The molecule has 0 aliphatic carbocycles. The van der Waals surface area contributed by atoms with Crippen LogP contribution in [-0.4, -0.2) is 32.6 Å². The maximum absolute atomic E-state index is 12.8. The van der Waals surface area contributed by atoms with Gasteiger partial charge in [0.05, 0.1) is 6.20 Å². The standard InChI is InChI=1S/C19H21N5O3/c1-12(2)17-22-18(27-23-17)15-7-4-8-24(15)19(25)21-14-6-3-5-13(9-14)16-10-20-11-26-16/h3,5-6,9-12,15H,4,7-8H2,1-2H3,(H,21,25)/t15-/m0/s1. The van der Waals surface area contributed by atoms with Crippen molar-refractivity contribution in [3.05, 3.63) is 48.6 Å². The third kappa shape index (κ3) is 3.55. The highest BCUT2D eigenvalue weighted by Crippen LogP contribution is 2.32. The van der Waals surface area contributed by atoms with Crippen molar-refractivity contribution in [2.45, 2.75) is 38.6 Å². The molecule has 1 N–H and O–H groups in total. The molecule has 8 heteroatoms. The first-order valence-electron chi connectivity index (χ1n) is 9.02. The monoisotopic (exact) mass is 367 g/mol. The molecule has 1 saturated heterocycles. The van der Waals surface area contributed by atoms with Crippen LogP contribution in [0.15, 0.2) is 45.8 Å². The van der Waals surface area contributed by atoms with Crippen molar-refractivity contribution in [2.75, 3.05) is 11.9 Å². The third-order valence-electron chi connectivity index (χ3n) is 4.60. The van der Waals surface area contributed by atoms with Crippen molar-refractivity contribution < 1.29 is 13.7 Å². The van der Waals surface area contributed by atoms with E-state index in [2.05, 4.69) is 20.4 Å². The fraction of sp³-hybridized carbons (Fsp3) is 0.368. The summed E-state index contributed by atoms with van der Waals surface area (Å²) in [6.45, 7) is 4.67. The first kappa shape index (κ1) is 17.3. The number of carbonyl (C=O) groups is 1. The lowest BCUT2D eigenvalue weighted by Gasteiger charge is -2.22. The molecule has 0 spiro atoms. The van der Waals surface area contributed by atoms with Crippen LogP contribution in [0.2, 0.25) is 0 Å². The van der Waals surface area contributed by atoms with Gasteiger partial charge in [-0.3, -0.25) is 0 Å². The van der Waals surface area contributed by atoms with Gasteiger partial charge in [0.2, 0.25) is 5.89 Å². The molecule has 2 amide bonds. The highest BCUT2D eigenvalue weighted by molar-refractivity contribution is 5.90. The zero-order valence-electron chi connectivity index (χ0n) is 15.3. The second-order valence-corrected chi connectivity index (χ2v) is 6.87. The van der Waals surface area contributed by atoms with Crippen molar-refractivity contribution in [3.8, 4) is 11.3 Å². The Morgan fingerprint density at radius 3 is 3.00 bits per heavy atom. The van der Waals surface area contributed by atoms with E-state index >= 15 is 0 Å². The van der Waals surface area contributed by atoms with E-state index in [0.29, 0.717) is 29.7 Å². The van der Waals surface area contributed by atoms with E-state index in [4.69, 9.17) is 8.94 Å². The number of urea groups is 1. The topological polar surface area (TPSA) is 97.3 Å². The molecule has 2 aromatic heterocycles. The lowest BCUT2D eigenvalue weighted by Crippen LogP contribution is -2.34. The van der Waals surface area contributed by atoms with E-state index in [1.54, 1.807) is 11.1 Å². The lowest BCUT2D eigenvalue weighted by molar-refractivity contribution is 0.193. The Morgan fingerprint density at radius 2 is 2.26 bits per heavy atom. The summed E-state index contributed by atoms with van der Waals surface area (Å²) in [6.07, 6.45) is 4.73. The minimum Gasteiger partial charge on any atom is -0.444 e. The van der Waals surface area contributed by atoms with E-state index in [1.165, 1.54) is 6.39 Å². The van der Waals surface area contributed by atoms with Crippen LogP contribution >= 0.6 is 0 Å². The minimum absolute atomic E-state index is 0.184. The zero-order chi connectivity index (χ0) is 18.8. The summed E-state index contributed by atoms with van der Waals surface area (Å²) in [7, 11) is 0. The second kappa shape index (κ2) is 7.22. The van der Waals surface area contributed by atoms with Crippen LogP contribution < -0.4 is 5.32 Å². The molecule has 8 nitrogen and oxygen atoms in total. The van der Waals surface area contributed by atoms with Crippen LogP contribution in [0.1, 0.15) is 50.4 Å². The number of nitrogens with zero attached hydrogens (tertiary/aromatic N) is 4. The van der Waals surface area contributed by atoms with Gasteiger partial charge in [0.1, 0.15) is 6.04 Å². The van der Waals surface area contributed by atoms with Crippen molar-refractivity contribution in [1.29, 1.82) is 0 Å². The predicted molar refractivity (Wildman–Crippen MR) is 98.0 cm³/mol. The number of oxazole rings is 1. The summed E-state index contributed by atoms with van der Waals surface area (Å²) >= 11 is 0. The molecule has 0 bridgehead atoms. The fourth-order valence-corrected chi connectivity index (χ4v) is 3.19. The van der Waals surface area contributed by atoms with Crippen molar-refractivity contribution >= 4 is 11.7 Å². The van der Waals surface area contributed by atoms with E-state index < -0.39 is 0 Å². The summed E-state index contributed by atoms with van der Waals surface area (Å²) in [5, 5.41) is 6.97. The van der Waals surface area contributed by atoms with E-state index in [1.807, 2.05) is 38.1 Å². The fourth-order valence-electron chi connectivity index (χ4n) is 3.19. The smallest absolute Gasteiger partial charge is 0.322 e. The average molecular weight is 367 g/mol. The van der Waals surface area contributed by atoms with E-state index in [9.17, 15) is 4.79 Å². The number of anilines is 1. The number of carbonyl (C=O) groups excluding carboxylic acids is 1. The van der Waals surface area contributed by atoms with Crippen LogP contribution in [-0.2, 0) is 0 Å². The molecule has 140 valence electrons. The Kier molecular flexibility index (Phi) is 4.62. The van der Waals surface area contributed by atoms with Crippen LogP contribution in [0.5, 0.6) is 0 Å². The van der Waals surface area contributed by atoms with Crippen LogP contribution in [0.25, 0.3) is 11.3 Å². The number of nitrogens with one attached hydrogen (secondary N) is 1. The molecular weight excluding hydrogens is 346 g/mol. The van der Waals surface area contributed by atoms with Crippen molar-refractivity contribution in [2.24, 2.45) is 0 Å². The minimum atomic E-state index is -0.192. The second-order valence-electron chi connectivity index (χ2n) is 6.87. The number of hydrogen-bond donors (Lipinski definition) is 1. The predicted octanol–water partition coefficient (Wildman–Crippen LogP) is 4.22. The van der Waals surface area contributed by atoms with Gasteiger partial charge in [0, 0.05) is 23.7 Å². The summed E-state index contributed by atoms with van der Waals surface area (Å²) in [6, 6.07) is 7.08. The third-order valence-corrected chi connectivity index (χ3v) is 4.60. The van der Waals surface area contributed by atoms with E-state index in [-0.39, 0.29) is 18.0 Å². The zero-order valence-corrected chi connectivity index (χ0v) is 15.3. The number of benzene rings is 1. The molecule has 1 aliphatic heterocycles.